The fourth-order valence-corrected chi connectivity index (χ4v) is 1.93. The number of benzene rings is 1. The van der Waals surface area contributed by atoms with Crippen LogP contribution in [0.4, 0.5) is 5.69 Å². The number of aryl methyl sites for hydroxylation is 1. The van der Waals surface area contributed by atoms with E-state index in [0.717, 1.165) is 18.4 Å². The van der Waals surface area contributed by atoms with E-state index in [2.05, 4.69) is 12.2 Å². The van der Waals surface area contributed by atoms with Gasteiger partial charge in [-0.25, -0.2) is 4.79 Å². The van der Waals surface area contributed by atoms with Gasteiger partial charge < -0.3 is 15.2 Å². The molecule has 1 rings (SSSR count). The second-order valence-corrected chi connectivity index (χ2v) is 4.44. The van der Waals surface area contributed by atoms with Crippen molar-refractivity contribution < 1.29 is 14.6 Å². The van der Waals surface area contributed by atoms with Gasteiger partial charge in [-0.1, -0.05) is 19.4 Å². The smallest absolute Gasteiger partial charge is 0.337 e. The SMILES string of the molecule is CCCC(COC)Nc1cc(C)ccc1C(=O)O. The van der Waals surface area contributed by atoms with Crippen LogP contribution in [0.2, 0.25) is 0 Å². The number of hydrogen-bond donors (Lipinski definition) is 2. The number of ether oxygens (including phenoxy) is 1. The summed E-state index contributed by atoms with van der Waals surface area (Å²) in [5.74, 6) is -0.912. The first-order valence-electron chi connectivity index (χ1n) is 6.17. The van der Waals surface area contributed by atoms with Crippen LogP contribution in [0, 0.1) is 6.92 Å². The van der Waals surface area contributed by atoms with E-state index in [0.29, 0.717) is 17.9 Å². The van der Waals surface area contributed by atoms with Crippen LogP contribution in [-0.4, -0.2) is 30.8 Å². The Morgan fingerprint density at radius 2 is 2.22 bits per heavy atom. The van der Waals surface area contributed by atoms with Crippen LogP contribution >= 0.6 is 0 Å². The zero-order valence-electron chi connectivity index (χ0n) is 11.2. The van der Waals surface area contributed by atoms with Gasteiger partial charge in [0.15, 0.2) is 0 Å². The van der Waals surface area contributed by atoms with E-state index in [1.54, 1.807) is 19.2 Å². The third-order valence-electron chi connectivity index (χ3n) is 2.77. The molecular formula is C14H21NO3. The van der Waals surface area contributed by atoms with Crippen molar-refractivity contribution in [2.45, 2.75) is 32.7 Å². The summed E-state index contributed by atoms with van der Waals surface area (Å²) < 4.78 is 5.15. The standard InChI is InChI=1S/C14H21NO3/c1-4-5-11(9-18-3)15-13-8-10(2)6-7-12(13)14(16)17/h6-8,11,15H,4-5,9H2,1-3H3,(H,16,17). The maximum absolute atomic E-state index is 11.2. The number of carboxylic acids is 1. The summed E-state index contributed by atoms with van der Waals surface area (Å²) in [6.07, 6.45) is 1.97. The van der Waals surface area contributed by atoms with Crippen molar-refractivity contribution in [1.29, 1.82) is 0 Å². The summed E-state index contributed by atoms with van der Waals surface area (Å²) >= 11 is 0. The molecule has 0 aromatic heterocycles. The Morgan fingerprint density at radius 1 is 1.50 bits per heavy atom. The Morgan fingerprint density at radius 3 is 2.78 bits per heavy atom. The number of nitrogens with one attached hydrogen (secondary N) is 1. The fraction of sp³-hybridized carbons (Fsp3) is 0.500. The van der Waals surface area contributed by atoms with Gasteiger partial charge in [0.1, 0.15) is 0 Å². The third kappa shape index (κ3) is 4.04. The summed E-state index contributed by atoms with van der Waals surface area (Å²) in [6, 6.07) is 5.44. The Hall–Kier alpha value is -1.55. The molecule has 100 valence electrons. The van der Waals surface area contributed by atoms with Gasteiger partial charge >= 0.3 is 5.97 Å². The van der Waals surface area contributed by atoms with Crippen LogP contribution < -0.4 is 5.32 Å². The van der Waals surface area contributed by atoms with Gasteiger partial charge in [-0.15, -0.1) is 0 Å². The van der Waals surface area contributed by atoms with E-state index in [9.17, 15) is 4.79 Å². The van der Waals surface area contributed by atoms with E-state index >= 15 is 0 Å². The van der Waals surface area contributed by atoms with Gasteiger partial charge in [0.2, 0.25) is 0 Å². The largest absolute Gasteiger partial charge is 0.478 e. The van der Waals surface area contributed by atoms with E-state index in [1.165, 1.54) is 0 Å². The number of aromatic carboxylic acids is 1. The van der Waals surface area contributed by atoms with Crippen molar-refractivity contribution in [2.75, 3.05) is 19.0 Å². The third-order valence-corrected chi connectivity index (χ3v) is 2.77. The second-order valence-electron chi connectivity index (χ2n) is 4.44. The average molecular weight is 251 g/mol. The van der Waals surface area contributed by atoms with Crippen molar-refractivity contribution >= 4 is 11.7 Å². The molecule has 0 bridgehead atoms. The molecule has 0 saturated heterocycles. The van der Waals surface area contributed by atoms with Crippen LogP contribution in [0.1, 0.15) is 35.7 Å². The van der Waals surface area contributed by atoms with Crippen molar-refractivity contribution in [2.24, 2.45) is 0 Å². The lowest BCUT2D eigenvalue weighted by Crippen LogP contribution is -2.25. The Labute approximate surface area is 108 Å². The minimum absolute atomic E-state index is 0.139. The molecule has 0 aliphatic heterocycles. The molecule has 0 heterocycles. The summed E-state index contributed by atoms with van der Waals surface area (Å²) in [5.41, 5.74) is 2.01. The number of hydrogen-bond acceptors (Lipinski definition) is 3. The van der Waals surface area contributed by atoms with Crippen molar-refractivity contribution in [1.82, 2.24) is 0 Å². The van der Waals surface area contributed by atoms with Crippen LogP contribution in [0.5, 0.6) is 0 Å². The highest BCUT2D eigenvalue weighted by molar-refractivity contribution is 5.94. The zero-order chi connectivity index (χ0) is 13.5. The van der Waals surface area contributed by atoms with Crippen LogP contribution in [0.25, 0.3) is 0 Å². The van der Waals surface area contributed by atoms with Crippen LogP contribution in [0.3, 0.4) is 0 Å². The van der Waals surface area contributed by atoms with Gasteiger partial charge in [0.25, 0.3) is 0 Å². The van der Waals surface area contributed by atoms with E-state index < -0.39 is 5.97 Å². The number of carboxylic acid groups (broad SMARTS) is 1. The van der Waals surface area contributed by atoms with Crippen molar-refractivity contribution in [3.8, 4) is 0 Å². The predicted octanol–water partition coefficient (Wildman–Crippen LogP) is 2.92. The molecule has 18 heavy (non-hydrogen) atoms. The monoisotopic (exact) mass is 251 g/mol. The molecule has 1 unspecified atom stereocenters. The molecule has 0 aliphatic rings. The zero-order valence-corrected chi connectivity index (χ0v) is 11.2. The molecule has 1 aromatic carbocycles. The first kappa shape index (κ1) is 14.5. The van der Waals surface area contributed by atoms with Crippen LogP contribution in [0.15, 0.2) is 18.2 Å². The number of carbonyl (C=O) groups is 1. The molecule has 2 N–H and O–H groups in total. The van der Waals surface area contributed by atoms with Gasteiger partial charge in [-0.2, -0.15) is 0 Å². The predicted molar refractivity (Wildman–Crippen MR) is 72.3 cm³/mol. The normalized spacial score (nSPS) is 12.2. The fourth-order valence-electron chi connectivity index (χ4n) is 1.93. The van der Waals surface area contributed by atoms with E-state index in [-0.39, 0.29) is 6.04 Å². The highest BCUT2D eigenvalue weighted by Gasteiger charge is 2.14. The molecule has 0 saturated carbocycles. The highest BCUT2D eigenvalue weighted by Crippen LogP contribution is 2.19. The minimum atomic E-state index is -0.912. The summed E-state index contributed by atoms with van der Waals surface area (Å²) in [5, 5.41) is 12.4. The van der Waals surface area contributed by atoms with E-state index in [4.69, 9.17) is 9.84 Å². The Balaban J connectivity index is 2.92. The van der Waals surface area contributed by atoms with Crippen LogP contribution in [-0.2, 0) is 4.74 Å². The first-order chi connectivity index (χ1) is 8.58. The Kier molecular flexibility index (Phi) is 5.65. The summed E-state index contributed by atoms with van der Waals surface area (Å²) in [4.78, 5) is 11.2. The number of rotatable bonds is 7. The topological polar surface area (TPSA) is 58.6 Å². The quantitative estimate of drug-likeness (QED) is 0.782. The molecule has 0 spiro atoms. The molecule has 0 amide bonds. The van der Waals surface area contributed by atoms with Crippen molar-refractivity contribution in [3.05, 3.63) is 29.3 Å². The summed E-state index contributed by atoms with van der Waals surface area (Å²) in [7, 11) is 1.65. The maximum Gasteiger partial charge on any atom is 0.337 e. The molecule has 0 radical (unpaired) electrons. The number of anilines is 1. The van der Waals surface area contributed by atoms with Gasteiger partial charge in [-0.3, -0.25) is 0 Å². The molecule has 4 nitrogen and oxygen atoms in total. The lowest BCUT2D eigenvalue weighted by molar-refractivity contribution is 0.0697. The molecule has 1 atom stereocenters. The minimum Gasteiger partial charge on any atom is -0.478 e. The van der Waals surface area contributed by atoms with Gasteiger partial charge in [0.05, 0.1) is 12.2 Å². The second kappa shape index (κ2) is 7.01. The molecule has 0 aliphatic carbocycles. The van der Waals surface area contributed by atoms with Crippen molar-refractivity contribution in [3.63, 3.8) is 0 Å². The molecule has 0 fully saturated rings. The molecular weight excluding hydrogens is 230 g/mol. The highest BCUT2D eigenvalue weighted by atomic mass is 16.5. The maximum atomic E-state index is 11.2. The van der Waals surface area contributed by atoms with Gasteiger partial charge in [0, 0.05) is 18.8 Å². The summed E-state index contributed by atoms with van der Waals surface area (Å²) in [6.45, 7) is 4.61. The molecule has 4 heteroatoms. The number of methoxy groups -OCH3 is 1. The molecule has 1 aromatic rings. The van der Waals surface area contributed by atoms with Gasteiger partial charge in [-0.05, 0) is 31.0 Å². The lowest BCUT2D eigenvalue weighted by atomic mass is 10.1. The first-order valence-corrected chi connectivity index (χ1v) is 6.17. The Bertz CT molecular complexity index is 398. The van der Waals surface area contributed by atoms with E-state index in [1.807, 2.05) is 13.0 Å². The lowest BCUT2D eigenvalue weighted by Gasteiger charge is -2.20. The average Bonchev–Trinajstić information content (AvgIpc) is 2.29.